The molecule has 0 radical (unpaired) electrons. The number of hydrogen-bond donors (Lipinski definition) is 0. The number of benzene rings is 2. The first kappa shape index (κ1) is 26.6. The van der Waals surface area contributed by atoms with Crippen LogP contribution in [0.1, 0.15) is 66.4 Å². The van der Waals surface area contributed by atoms with E-state index in [1.54, 1.807) is 23.5 Å². The lowest BCUT2D eigenvalue weighted by molar-refractivity contribution is 0.0750. The fraction of sp³-hybridized carbons (Fsp3) is 0.419. The van der Waals surface area contributed by atoms with Crippen molar-refractivity contribution in [2.45, 2.75) is 51.5 Å². The van der Waals surface area contributed by atoms with Crippen molar-refractivity contribution in [2.75, 3.05) is 32.7 Å². The predicted octanol–water partition coefficient (Wildman–Crippen LogP) is 6.77. The van der Waals surface area contributed by atoms with Crippen LogP contribution in [0.3, 0.4) is 0 Å². The van der Waals surface area contributed by atoms with Crippen LogP contribution in [0, 0.1) is 5.82 Å². The van der Waals surface area contributed by atoms with E-state index in [1.165, 1.54) is 11.1 Å². The van der Waals surface area contributed by atoms with Gasteiger partial charge in [0.1, 0.15) is 5.82 Å². The van der Waals surface area contributed by atoms with Crippen molar-refractivity contribution >= 4 is 28.3 Å². The van der Waals surface area contributed by atoms with Gasteiger partial charge in [-0.25, -0.2) is 9.37 Å². The zero-order valence-corrected chi connectivity index (χ0v) is 23.2. The summed E-state index contributed by atoms with van der Waals surface area (Å²) in [6.07, 6.45) is 5.04. The van der Waals surface area contributed by atoms with Crippen molar-refractivity contribution in [1.29, 1.82) is 0 Å². The van der Waals surface area contributed by atoms with Crippen molar-refractivity contribution in [3.05, 3.63) is 88.1 Å². The third-order valence-electron chi connectivity index (χ3n) is 8.06. The zero-order valence-electron chi connectivity index (χ0n) is 22.4. The molecule has 5 rings (SSSR count). The van der Waals surface area contributed by atoms with E-state index in [1.807, 2.05) is 41.6 Å². The lowest BCUT2D eigenvalue weighted by Gasteiger charge is -2.34. The lowest BCUT2D eigenvalue weighted by atomic mass is 9.89. The number of para-hydroxylation sites is 1. The number of aryl methyl sites for hydroxylation is 1. The Kier molecular flexibility index (Phi) is 8.55. The molecule has 200 valence electrons. The van der Waals surface area contributed by atoms with Crippen molar-refractivity contribution in [3.63, 3.8) is 0 Å². The number of piperidine rings is 1. The standard InChI is InChI=1S/C31H37FN4OS/c1-3-35(31(37)28-6-5-7-29-30(28)36(4-2)22-33-29)20-25(26-15-19-38-21-26)14-18-34-16-12-24(13-17-34)23-8-10-27(32)11-9-23/h5-11,15,19,21-22,24-25H,3-4,12-14,16-18,20H2,1-2H3. The Hall–Kier alpha value is -3.03. The number of carbonyl (C=O) groups excluding carboxylic acids is 1. The summed E-state index contributed by atoms with van der Waals surface area (Å²) in [6, 6.07) is 15.1. The summed E-state index contributed by atoms with van der Waals surface area (Å²) in [7, 11) is 0. The highest BCUT2D eigenvalue weighted by atomic mass is 32.1. The Bertz CT molecular complexity index is 1330. The molecule has 1 fully saturated rings. The molecule has 1 unspecified atom stereocenters. The number of fused-ring (bicyclic) bond motifs is 1. The number of amides is 1. The smallest absolute Gasteiger partial charge is 0.256 e. The molecule has 0 aliphatic carbocycles. The van der Waals surface area contributed by atoms with Gasteiger partial charge in [-0.05, 0) is 111 Å². The minimum atomic E-state index is -0.169. The number of rotatable bonds is 10. The molecule has 2 aromatic heterocycles. The molecule has 0 bridgehead atoms. The molecule has 0 spiro atoms. The van der Waals surface area contributed by atoms with Gasteiger partial charge in [-0.3, -0.25) is 4.79 Å². The molecule has 1 aliphatic heterocycles. The molecule has 4 aromatic rings. The zero-order chi connectivity index (χ0) is 26.5. The molecule has 1 aliphatic rings. The van der Waals surface area contributed by atoms with Gasteiger partial charge in [-0.2, -0.15) is 11.3 Å². The summed E-state index contributed by atoms with van der Waals surface area (Å²) < 4.78 is 15.4. The van der Waals surface area contributed by atoms with Crippen LogP contribution in [0.2, 0.25) is 0 Å². The fourth-order valence-corrected chi connectivity index (χ4v) is 6.51. The minimum absolute atomic E-state index is 0.0774. The van der Waals surface area contributed by atoms with Crippen LogP contribution in [0.15, 0.2) is 65.6 Å². The van der Waals surface area contributed by atoms with E-state index < -0.39 is 0 Å². The monoisotopic (exact) mass is 532 g/mol. The van der Waals surface area contributed by atoms with Gasteiger partial charge in [0.25, 0.3) is 5.91 Å². The molecule has 1 saturated heterocycles. The summed E-state index contributed by atoms with van der Waals surface area (Å²) in [5.41, 5.74) is 5.09. The van der Waals surface area contributed by atoms with Crippen LogP contribution < -0.4 is 0 Å². The van der Waals surface area contributed by atoms with Crippen molar-refractivity contribution in [2.24, 2.45) is 0 Å². The highest BCUT2D eigenvalue weighted by molar-refractivity contribution is 7.08. The predicted molar refractivity (Wildman–Crippen MR) is 153 cm³/mol. The molecule has 5 nitrogen and oxygen atoms in total. The second-order valence-corrected chi connectivity index (χ2v) is 11.0. The van der Waals surface area contributed by atoms with Crippen LogP contribution >= 0.6 is 11.3 Å². The van der Waals surface area contributed by atoms with Crippen molar-refractivity contribution in [1.82, 2.24) is 19.4 Å². The Balaban J connectivity index is 1.25. The van der Waals surface area contributed by atoms with Gasteiger partial charge in [0.2, 0.25) is 0 Å². The SMILES string of the molecule is CCN(CC(CCN1CCC(c2ccc(F)cc2)CC1)c1ccsc1)C(=O)c1cccc2ncn(CC)c12. The van der Waals surface area contributed by atoms with E-state index in [2.05, 4.69) is 45.1 Å². The Labute approximate surface area is 228 Å². The molecule has 2 aromatic carbocycles. The molecule has 0 saturated carbocycles. The maximum Gasteiger partial charge on any atom is 0.256 e. The second kappa shape index (κ2) is 12.2. The summed E-state index contributed by atoms with van der Waals surface area (Å²) in [6.45, 7) is 9.42. The summed E-state index contributed by atoms with van der Waals surface area (Å²) >= 11 is 1.72. The van der Waals surface area contributed by atoms with E-state index in [4.69, 9.17) is 0 Å². The maximum absolute atomic E-state index is 13.8. The molecule has 1 atom stereocenters. The maximum atomic E-state index is 13.8. The highest BCUT2D eigenvalue weighted by Gasteiger charge is 2.25. The van der Waals surface area contributed by atoms with Crippen LogP contribution in [0.25, 0.3) is 11.0 Å². The highest BCUT2D eigenvalue weighted by Crippen LogP contribution is 2.30. The first-order valence-corrected chi connectivity index (χ1v) is 14.7. The Morgan fingerprint density at radius 1 is 1.13 bits per heavy atom. The number of halogens is 1. The molecule has 3 heterocycles. The average molecular weight is 533 g/mol. The van der Waals surface area contributed by atoms with Gasteiger partial charge in [0.05, 0.1) is 22.9 Å². The second-order valence-electron chi connectivity index (χ2n) is 10.3. The third kappa shape index (κ3) is 5.84. The molecular formula is C31H37FN4OS. The number of imidazole rings is 1. The average Bonchev–Trinajstić information content (AvgIpc) is 3.64. The first-order valence-electron chi connectivity index (χ1n) is 13.8. The quantitative estimate of drug-likeness (QED) is 0.226. The van der Waals surface area contributed by atoms with Gasteiger partial charge in [0, 0.05) is 25.6 Å². The first-order chi connectivity index (χ1) is 18.6. The van der Waals surface area contributed by atoms with E-state index in [9.17, 15) is 9.18 Å². The molecule has 38 heavy (non-hydrogen) atoms. The normalized spacial score (nSPS) is 15.7. The van der Waals surface area contributed by atoms with Gasteiger partial charge in [-0.15, -0.1) is 0 Å². The van der Waals surface area contributed by atoms with E-state index >= 15 is 0 Å². The molecule has 0 N–H and O–H groups in total. The number of likely N-dealkylation sites (N-methyl/N-ethyl adjacent to an activating group) is 1. The summed E-state index contributed by atoms with van der Waals surface area (Å²) in [5.74, 6) is 0.703. The van der Waals surface area contributed by atoms with Gasteiger partial charge in [-0.1, -0.05) is 18.2 Å². The largest absolute Gasteiger partial charge is 0.338 e. The minimum Gasteiger partial charge on any atom is -0.338 e. The molecular weight excluding hydrogens is 495 g/mol. The van der Waals surface area contributed by atoms with E-state index in [-0.39, 0.29) is 17.6 Å². The van der Waals surface area contributed by atoms with E-state index in [0.29, 0.717) is 19.0 Å². The number of thiophene rings is 1. The number of hydrogen-bond acceptors (Lipinski definition) is 4. The number of carbonyl (C=O) groups is 1. The fourth-order valence-electron chi connectivity index (χ4n) is 5.77. The van der Waals surface area contributed by atoms with Crippen LogP contribution in [0.5, 0.6) is 0 Å². The third-order valence-corrected chi connectivity index (χ3v) is 8.76. The van der Waals surface area contributed by atoms with Crippen molar-refractivity contribution < 1.29 is 9.18 Å². The van der Waals surface area contributed by atoms with Gasteiger partial charge < -0.3 is 14.4 Å². The summed E-state index contributed by atoms with van der Waals surface area (Å²) in [4.78, 5) is 22.9. The van der Waals surface area contributed by atoms with Crippen LogP contribution in [-0.2, 0) is 6.54 Å². The number of aromatic nitrogens is 2. The number of nitrogens with zero attached hydrogens (tertiary/aromatic N) is 4. The van der Waals surface area contributed by atoms with Crippen LogP contribution in [0.4, 0.5) is 4.39 Å². The lowest BCUT2D eigenvalue weighted by Crippen LogP contribution is -2.37. The van der Waals surface area contributed by atoms with Gasteiger partial charge >= 0.3 is 0 Å². The van der Waals surface area contributed by atoms with Gasteiger partial charge in [0.15, 0.2) is 0 Å². The van der Waals surface area contributed by atoms with Crippen molar-refractivity contribution in [3.8, 4) is 0 Å². The topological polar surface area (TPSA) is 41.4 Å². The Morgan fingerprint density at radius 3 is 2.61 bits per heavy atom. The molecule has 7 heteroatoms. The van der Waals surface area contributed by atoms with Crippen LogP contribution in [-0.4, -0.2) is 58.0 Å². The Morgan fingerprint density at radius 2 is 1.92 bits per heavy atom. The van der Waals surface area contributed by atoms with E-state index in [0.717, 1.165) is 62.0 Å². The number of likely N-dealkylation sites (tertiary alicyclic amines) is 1. The summed E-state index contributed by atoms with van der Waals surface area (Å²) in [5, 5.41) is 4.37. The molecule has 1 amide bonds.